The van der Waals surface area contributed by atoms with E-state index in [4.69, 9.17) is 0 Å². The molecule has 0 atom stereocenters. The number of nitrogens with zero attached hydrogens (tertiary/aromatic N) is 2. The van der Waals surface area contributed by atoms with Crippen LogP contribution in [0.2, 0.25) is 0 Å². The maximum absolute atomic E-state index is 12.6. The number of hydrogen-bond acceptors (Lipinski definition) is 3. The lowest BCUT2D eigenvalue weighted by molar-refractivity contribution is -0.671. The first-order valence-electron chi connectivity index (χ1n) is 8.49. The molecular formula is C17H21F5N2O3S. The van der Waals surface area contributed by atoms with Gasteiger partial charge in [-0.2, -0.15) is 0 Å². The molecule has 0 saturated carbocycles. The van der Waals surface area contributed by atoms with E-state index in [0.717, 1.165) is 0 Å². The normalized spacial score (nSPS) is 11.3. The first-order chi connectivity index (χ1) is 13.0. The van der Waals surface area contributed by atoms with Crippen LogP contribution in [-0.2, 0) is 23.7 Å². The van der Waals surface area contributed by atoms with Gasteiger partial charge in [-0.1, -0.05) is 26.2 Å². The number of rotatable bonds is 7. The van der Waals surface area contributed by atoms with Crippen LogP contribution >= 0.6 is 0 Å². The first kappa shape index (κ1) is 24.0. The highest BCUT2D eigenvalue weighted by molar-refractivity contribution is 7.85. The molecule has 0 unspecified atom stereocenters. The number of halogens is 5. The Hall–Kier alpha value is -2.01. The number of aryl methyl sites for hydroxylation is 2. The van der Waals surface area contributed by atoms with Crippen LogP contribution in [0.3, 0.4) is 0 Å². The van der Waals surface area contributed by atoms with Crippen molar-refractivity contribution in [3.8, 4) is 0 Å². The number of unbranched alkanes of at least 4 members (excludes halogenated alkanes) is 4. The molecule has 5 nitrogen and oxygen atoms in total. The predicted molar refractivity (Wildman–Crippen MR) is 88.6 cm³/mol. The second-order valence-corrected chi connectivity index (χ2v) is 7.40. The summed E-state index contributed by atoms with van der Waals surface area (Å²) in [5.41, 5.74) is 0. The molecule has 0 aliphatic rings. The molecule has 0 fully saturated rings. The first-order valence-corrected chi connectivity index (χ1v) is 9.89. The van der Waals surface area contributed by atoms with Gasteiger partial charge >= 0.3 is 0 Å². The van der Waals surface area contributed by atoms with Crippen molar-refractivity contribution in [3.63, 3.8) is 0 Å². The van der Waals surface area contributed by atoms with Crippen LogP contribution in [0.1, 0.15) is 39.0 Å². The van der Waals surface area contributed by atoms with Gasteiger partial charge < -0.3 is 4.55 Å². The van der Waals surface area contributed by atoms with E-state index in [1.54, 1.807) is 0 Å². The van der Waals surface area contributed by atoms with E-state index >= 15 is 0 Å². The Balaban J connectivity index is 0.000000283. The standard InChI is InChI=1S/C11H21N2.C6HF5O3S/c1-3-4-5-6-7-8-13-10-9-12(2)11-13;7-1-2(8)4(10)6(15(12,13)14)5(11)3(1)9/h9-11H,3-8H2,1-2H3;(H,12,13,14)/q+1;/p-1. The third-order valence-electron chi connectivity index (χ3n) is 3.76. The summed E-state index contributed by atoms with van der Waals surface area (Å²) in [5, 5.41) is 0. The fraction of sp³-hybridized carbons (Fsp3) is 0.471. The molecule has 0 saturated heterocycles. The highest BCUT2D eigenvalue weighted by atomic mass is 32.2. The molecule has 0 aliphatic heterocycles. The predicted octanol–water partition coefficient (Wildman–Crippen LogP) is 3.57. The molecule has 28 heavy (non-hydrogen) atoms. The van der Waals surface area contributed by atoms with Gasteiger partial charge in [0.15, 0.2) is 23.3 Å². The number of benzene rings is 1. The summed E-state index contributed by atoms with van der Waals surface area (Å²) in [6.07, 6.45) is 13.2. The van der Waals surface area contributed by atoms with Crippen LogP contribution < -0.4 is 4.57 Å². The highest BCUT2D eigenvalue weighted by Gasteiger charge is 2.28. The Labute approximate surface area is 160 Å². The van der Waals surface area contributed by atoms with E-state index in [2.05, 4.69) is 41.8 Å². The number of hydrogen-bond donors (Lipinski definition) is 0. The maximum Gasteiger partial charge on any atom is 0.243 e. The van der Waals surface area contributed by atoms with Gasteiger partial charge in [-0.05, 0) is 12.8 Å². The molecule has 1 heterocycles. The van der Waals surface area contributed by atoms with E-state index in [9.17, 15) is 34.9 Å². The average Bonchev–Trinajstić information content (AvgIpc) is 3.03. The van der Waals surface area contributed by atoms with Gasteiger partial charge in [0.05, 0.1) is 13.6 Å². The highest BCUT2D eigenvalue weighted by Crippen LogP contribution is 2.26. The van der Waals surface area contributed by atoms with Crippen molar-refractivity contribution in [1.82, 2.24) is 4.57 Å². The fourth-order valence-corrected chi connectivity index (χ4v) is 2.95. The molecule has 2 rings (SSSR count). The van der Waals surface area contributed by atoms with Crippen molar-refractivity contribution in [3.05, 3.63) is 47.8 Å². The van der Waals surface area contributed by atoms with Gasteiger partial charge in [0.25, 0.3) is 0 Å². The maximum atomic E-state index is 12.6. The number of aromatic nitrogens is 2. The van der Waals surface area contributed by atoms with Crippen molar-refractivity contribution in [2.24, 2.45) is 7.05 Å². The Kier molecular flexibility index (Phi) is 9.02. The van der Waals surface area contributed by atoms with Crippen molar-refractivity contribution in [2.45, 2.75) is 50.5 Å². The summed E-state index contributed by atoms with van der Waals surface area (Å²) in [5.74, 6) is -12.8. The molecule has 158 valence electrons. The summed E-state index contributed by atoms with van der Waals surface area (Å²) in [7, 11) is -3.71. The Morgan fingerprint density at radius 3 is 1.86 bits per heavy atom. The minimum atomic E-state index is -5.77. The lowest BCUT2D eigenvalue weighted by Crippen LogP contribution is -2.23. The Morgan fingerprint density at radius 1 is 0.929 bits per heavy atom. The third-order valence-corrected chi connectivity index (χ3v) is 4.62. The van der Waals surface area contributed by atoms with Crippen LogP contribution in [0.15, 0.2) is 23.6 Å². The second kappa shape index (κ2) is 10.5. The van der Waals surface area contributed by atoms with E-state index in [-0.39, 0.29) is 0 Å². The van der Waals surface area contributed by atoms with Gasteiger partial charge in [0, 0.05) is 0 Å². The summed E-state index contributed by atoms with van der Waals surface area (Å²) < 4.78 is 97.2. The molecule has 2 aromatic rings. The minimum Gasteiger partial charge on any atom is -0.744 e. The zero-order chi connectivity index (χ0) is 21.5. The molecule has 0 spiro atoms. The van der Waals surface area contributed by atoms with Crippen LogP contribution in [0.4, 0.5) is 22.0 Å². The van der Waals surface area contributed by atoms with Crippen molar-refractivity contribution < 1.29 is 39.5 Å². The van der Waals surface area contributed by atoms with Gasteiger partial charge in [-0.25, -0.2) is 39.5 Å². The molecule has 1 aromatic carbocycles. The summed E-state index contributed by atoms with van der Waals surface area (Å²) in [6, 6.07) is 0. The Morgan fingerprint density at radius 2 is 1.43 bits per heavy atom. The minimum absolute atomic E-state index is 1.17. The van der Waals surface area contributed by atoms with E-state index < -0.39 is 44.1 Å². The van der Waals surface area contributed by atoms with Gasteiger partial charge in [0.2, 0.25) is 12.1 Å². The lowest BCUT2D eigenvalue weighted by atomic mass is 10.1. The third kappa shape index (κ3) is 6.55. The smallest absolute Gasteiger partial charge is 0.243 e. The van der Waals surface area contributed by atoms with Crippen LogP contribution in [-0.4, -0.2) is 17.5 Å². The van der Waals surface area contributed by atoms with Crippen LogP contribution in [0.25, 0.3) is 0 Å². The summed E-state index contributed by atoms with van der Waals surface area (Å²) >= 11 is 0. The molecule has 0 N–H and O–H groups in total. The molecule has 11 heteroatoms. The number of imidazole rings is 1. The zero-order valence-electron chi connectivity index (χ0n) is 15.4. The molecule has 0 radical (unpaired) electrons. The molecule has 1 aromatic heterocycles. The van der Waals surface area contributed by atoms with Crippen molar-refractivity contribution in [1.29, 1.82) is 0 Å². The quantitative estimate of drug-likeness (QED) is 0.169. The van der Waals surface area contributed by atoms with Gasteiger partial charge in [0.1, 0.15) is 27.4 Å². The molecule has 0 bridgehead atoms. The van der Waals surface area contributed by atoms with Crippen LogP contribution in [0, 0.1) is 29.1 Å². The van der Waals surface area contributed by atoms with E-state index in [0.29, 0.717) is 0 Å². The molecule has 0 aliphatic carbocycles. The molecular weight excluding hydrogens is 407 g/mol. The summed E-state index contributed by atoms with van der Waals surface area (Å²) in [6.45, 7) is 3.43. The average molecular weight is 428 g/mol. The van der Waals surface area contributed by atoms with Gasteiger partial charge in [-0.15, -0.1) is 0 Å². The fourth-order valence-electron chi connectivity index (χ4n) is 2.34. The van der Waals surface area contributed by atoms with E-state index in [1.165, 1.54) is 38.6 Å². The Bertz CT molecular complexity index is 871. The van der Waals surface area contributed by atoms with E-state index in [1.807, 2.05) is 0 Å². The SMILES string of the molecule is CCCCCCCn1cc[n+](C)c1.O=S(=O)([O-])c1c(F)c(F)c(F)c(F)c1F. The van der Waals surface area contributed by atoms with Crippen molar-refractivity contribution >= 4 is 10.1 Å². The topological polar surface area (TPSA) is 66.0 Å². The lowest BCUT2D eigenvalue weighted by Gasteiger charge is -2.10. The molecule has 0 amide bonds. The van der Waals surface area contributed by atoms with Crippen molar-refractivity contribution in [2.75, 3.05) is 0 Å². The summed E-state index contributed by atoms with van der Waals surface area (Å²) in [4.78, 5) is -2.38. The largest absolute Gasteiger partial charge is 0.744 e. The van der Waals surface area contributed by atoms with Gasteiger partial charge in [-0.3, -0.25) is 0 Å². The monoisotopic (exact) mass is 428 g/mol. The van der Waals surface area contributed by atoms with Crippen LogP contribution in [0.5, 0.6) is 0 Å². The second-order valence-electron chi connectivity index (χ2n) is 6.08. The zero-order valence-corrected chi connectivity index (χ0v) is 16.2.